The molecule has 9 nitrogen and oxygen atoms in total. The largest absolute Gasteiger partial charge is 0.501 e. The summed E-state index contributed by atoms with van der Waals surface area (Å²) in [4.78, 5) is 49.2. The van der Waals surface area contributed by atoms with Gasteiger partial charge in [0.05, 0.1) is 31.0 Å². The summed E-state index contributed by atoms with van der Waals surface area (Å²) in [5, 5.41) is 9.65. The second-order valence-electron chi connectivity index (χ2n) is 7.98. The van der Waals surface area contributed by atoms with Gasteiger partial charge in [0.25, 0.3) is 5.60 Å². The molecule has 11 heteroatoms. The number of aliphatic hydroxyl groups excluding tert-OH is 1. The third-order valence-electron chi connectivity index (χ3n) is 5.54. The van der Waals surface area contributed by atoms with Gasteiger partial charge in [0.2, 0.25) is 5.76 Å². The van der Waals surface area contributed by atoms with Crippen LogP contribution >= 0.6 is 24.4 Å². The Kier molecular flexibility index (Phi) is 10.0. The fraction of sp³-hybridized carbons (Fsp3) is 0.214. The molecule has 1 N–H and O–H groups in total. The maximum absolute atomic E-state index is 13.4. The van der Waals surface area contributed by atoms with Gasteiger partial charge in [0, 0.05) is 17.0 Å². The quantitative estimate of drug-likeness (QED) is 0.183. The van der Waals surface area contributed by atoms with Gasteiger partial charge in [0.1, 0.15) is 0 Å². The summed E-state index contributed by atoms with van der Waals surface area (Å²) in [6.45, 7) is 1.60. The van der Waals surface area contributed by atoms with Crippen molar-refractivity contribution in [3.63, 3.8) is 0 Å². The molecule has 1 aliphatic rings. The normalized spacial score (nSPS) is 17.8. The van der Waals surface area contributed by atoms with E-state index in [2.05, 4.69) is 22.1 Å². The highest BCUT2D eigenvalue weighted by Gasteiger charge is 2.60. The molecule has 0 aliphatic carbocycles. The van der Waals surface area contributed by atoms with Gasteiger partial charge in [-0.15, -0.1) is 0 Å². The molecule has 1 aliphatic heterocycles. The lowest BCUT2D eigenvalue weighted by atomic mass is 9.92. The molecule has 204 valence electrons. The molecular weight excluding hydrogens is 544 g/mol. The van der Waals surface area contributed by atoms with Crippen LogP contribution in [-0.2, 0) is 38.1 Å². The van der Waals surface area contributed by atoms with Crippen LogP contribution in [-0.4, -0.2) is 55.4 Å². The highest BCUT2D eigenvalue weighted by Crippen LogP contribution is 2.52. The first-order valence-electron chi connectivity index (χ1n) is 11.6. The number of benzene rings is 2. The molecule has 0 bridgehead atoms. The van der Waals surface area contributed by atoms with Crippen LogP contribution in [0.25, 0.3) is 12.2 Å². The lowest BCUT2D eigenvalue weighted by Crippen LogP contribution is -2.46. The first kappa shape index (κ1) is 29.6. The Morgan fingerprint density at radius 3 is 1.97 bits per heavy atom. The van der Waals surface area contributed by atoms with Gasteiger partial charge in [-0.2, -0.15) is 12.6 Å². The van der Waals surface area contributed by atoms with E-state index in [0.717, 1.165) is 11.8 Å². The van der Waals surface area contributed by atoms with E-state index in [1.165, 1.54) is 26.4 Å². The van der Waals surface area contributed by atoms with Crippen LogP contribution in [0.1, 0.15) is 28.9 Å². The fourth-order valence-electron chi connectivity index (χ4n) is 3.55. The van der Waals surface area contributed by atoms with Gasteiger partial charge in [-0.3, -0.25) is 0 Å². The Hall–Kier alpha value is -3.96. The first-order chi connectivity index (χ1) is 18.7. The van der Waals surface area contributed by atoms with Crippen LogP contribution < -0.4 is 0 Å². The predicted molar refractivity (Wildman–Crippen MR) is 148 cm³/mol. The van der Waals surface area contributed by atoms with Crippen LogP contribution in [0.3, 0.4) is 0 Å². The average Bonchev–Trinajstić information content (AvgIpc) is 3.21. The number of ether oxygens (including phenoxy) is 4. The summed E-state index contributed by atoms with van der Waals surface area (Å²) >= 11 is 5.62. The van der Waals surface area contributed by atoms with Crippen LogP contribution in [0.4, 0.5) is 0 Å². The summed E-state index contributed by atoms with van der Waals surface area (Å²) < 4.78 is 20.0. The van der Waals surface area contributed by atoms with Crippen molar-refractivity contribution in [3.05, 3.63) is 88.0 Å². The molecule has 0 fully saturated rings. The highest BCUT2D eigenvalue weighted by molar-refractivity contribution is 8.03. The minimum atomic E-state index is -2.07. The van der Waals surface area contributed by atoms with E-state index in [1.807, 2.05) is 0 Å². The number of cyclic esters (lactones) is 1. The number of rotatable bonds is 10. The van der Waals surface area contributed by atoms with Crippen molar-refractivity contribution < 1.29 is 43.2 Å². The van der Waals surface area contributed by atoms with Crippen molar-refractivity contribution in [3.8, 4) is 0 Å². The van der Waals surface area contributed by atoms with Crippen molar-refractivity contribution in [2.45, 2.75) is 22.7 Å². The molecule has 2 aromatic rings. The van der Waals surface area contributed by atoms with Crippen LogP contribution in [0, 0.1) is 0 Å². The molecule has 2 unspecified atom stereocenters. The molecule has 2 aromatic carbocycles. The van der Waals surface area contributed by atoms with Gasteiger partial charge in [0.15, 0.2) is 0 Å². The number of carbonyl (C=O) groups is 4. The second kappa shape index (κ2) is 13.2. The smallest absolute Gasteiger partial charge is 0.375 e. The maximum Gasteiger partial charge on any atom is 0.375 e. The lowest BCUT2D eigenvalue weighted by Gasteiger charge is -2.33. The zero-order chi connectivity index (χ0) is 28.6. The zero-order valence-corrected chi connectivity index (χ0v) is 23.0. The summed E-state index contributed by atoms with van der Waals surface area (Å²) in [6.07, 6.45) is 5.65. The Labute approximate surface area is 234 Å². The van der Waals surface area contributed by atoms with Gasteiger partial charge in [-0.1, -0.05) is 48.2 Å². The number of methoxy groups -OCH3 is 2. The van der Waals surface area contributed by atoms with Crippen molar-refractivity contribution in [2.75, 3.05) is 20.8 Å². The predicted octanol–water partition coefficient (Wildman–Crippen LogP) is 4.45. The number of hydrogen-bond acceptors (Lipinski definition) is 11. The lowest BCUT2D eigenvalue weighted by molar-refractivity contribution is -0.172. The number of carbonyl (C=O) groups excluding carboxylic acids is 4. The van der Waals surface area contributed by atoms with Gasteiger partial charge in [-0.05, 0) is 47.9 Å². The molecule has 0 saturated heterocycles. The van der Waals surface area contributed by atoms with E-state index in [0.29, 0.717) is 21.6 Å². The Balaban J connectivity index is 1.97. The van der Waals surface area contributed by atoms with Crippen molar-refractivity contribution in [2.24, 2.45) is 0 Å². The molecule has 0 radical (unpaired) electrons. The minimum absolute atomic E-state index is 0.00414. The number of thioether (sulfide) groups is 1. The monoisotopic (exact) mass is 570 g/mol. The average molecular weight is 571 g/mol. The highest BCUT2D eigenvalue weighted by atomic mass is 32.2. The van der Waals surface area contributed by atoms with E-state index in [4.69, 9.17) is 9.47 Å². The van der Waals surface area contributed by atoms with Gasteiger partial charge >= 0.3 is 23.9 Å². The summed E-state index contributed by atoms with van der Waals surface area (Å²) in [5.41, 5.74) is -0.206. The molecule has 1 heterocycles. The molecule has 39 heavy (non-hydrogen) atoms. The number of esters is 4. The molecule has 2 atom stereocenters. The van der Waals surface area contributed by atoms with E-state index in [9.17, 15) is 24.3 Å². The van der Waals surface area contributed by atoms with Crippen LogP contribution in [0.15, 0.2) is 76.2 Å². The standard InChI is InChI=1S/C28H26O9S2/c1-4-36-27(33)28(24(38)19-11-5-17(6-12-19)9-15-21(29)34-2)25(23(31)26(32)37-28)39-20-13-7-18(8-14-20)10-16-22(30)35-3/h5-16,24,31,38H,4H2,1-3H3/b15-9+,16-10+. The summed E-state index contributed by atoms with van der Waals surface area (Å²) in [7, 11) is 2.55. The van der Waals surface area contributed by atoms with Crippen molar-refractivity contribution in [1.82, 2.24) is 0 Å². The molecule has 0 amide bonds. The molecule has 0 aromatic heterocycles. The molecular formula is C28H26O9S2. The Morgan fingerprint density at radius 2 is 1.49 bits per heavy atom. The summed E-state index contributed by atoms with van der Waals surface area (Å²) in [6, 6.07) is 13.5. The molecule has 3 rings (SSSR count). The molecule has 0 spiro atoms. The van der Waals surface area contributed by atoms with E-state index in [-0.39, 0.29) is 11.5 Å². The minimum Gasteiger partial charge on any atom is -0.501 e. The zero-order valence-electron chi connectivity index (χ0n) is 21.3. The number of thiol groups is 1. The fourth-order valence-corrected chi connectivity index (χ4v) is 5.18. The van der Waals surface area contributed by atoms with Crippen molar-refractivity contribution >= 4 is 60.4 Å². The van der Waals surface area contributed by atoms with E-state index < -0.39 is 40.5 Å². The SMILES string of the molecule is CCOC(=O)C1(C(S)c2ccc(/C=C/C(=O)OC)cc2)OC(=O)C(O)=C1Sc1ccc(/C=C/C(=O)OC)cc1. The van der Waals surface area contributed by atoms with E-state index in [1.54, 1.807) is 67.6 Å². The first-order valence-corrected chi connectivity index (χ1v) is 12.9. The Bertz CT molecular complexity index is 1330. The Morgan fingerprint density at radius 1 is 0.974 bits per heavy atom. The number of aliphatic hydroxyl groups is 1. The third-order valence-corrected chi connectivity index (χ3v) is 7.41. The summed E-state index contributed by atoms with van der Waals surface area (Å²) in [5.74, 6) is -3.71. The second-order valence-corrected chi connectivity index (χ2v) is 9.58. The molecule has 0 saturated carbocycles. The number of hydrogen-bond donors (Lipinski definition) is 2. The van der Waals surface area contributed by atoms with Gasteiger partial charge in [-0.25, -0.2) is 19.2 Å². The maximum atomic E-state index is 13.4. The van der Waals surface area contributed by atoms with Gasteiger partial charge < -0.3 is 24.1 Å². The van der Waals surface area contributed by atoms with E-state index >= 15 is 0 Å². The van der Waals surface area contributed by atoms with Crippen LogP contribution in [0.5, 0.6) is 0 Å². The topological polar surface area (TPSA) is 125 Å². The third kappa shape index (κ3) is 6.73. The van der Waals surface area contributed by atoms with Crippen LogP contribution in [0.2, 0.25) is 0 Å². The van der Waals surface area contributed by atoms with Crippen molar-refractivity contribution in [1.29, 1.82) is 0 Å².